The van der Waals surface area contributed by atoms with Gasteiger partial charge in [-0.25, -0.2) is 4.79 Å². The summed E-state index contributed by atoms with van der Waals surface area (Å²) in [6.45, 7) is 5.02. The van der Waals surface area contributed by atoms with Crippen molar-refractivity contribution in [2.45, 2.75) is 170 Å². The van der Waals surface area contributed by atoms with Gasteiger partial charge in [0.25, 0.3) is 0 Å². The minimum atomic E-state index is -1.77. The largest absolute Gasteiger partial charge is 0.428 e. The van der Waals surface area contributed by atoms with Crippen molar-refractivity contribution in [3.8, 4) is 0 Å². The highest BCUT2D eigenvalue weighted by Crippen LogP contribution is 2.63. The molecular formula is C42H60O18. The number of hydrogen-bond acceptors (Lipinski definition) is 18. The van der Waals surface area contributed by atoms with E-state index >= 15 is 0 Å². The molecule has 8 rings (SSSR count). The molecule has 0 spiro atoms. The molecule has 0 aromatic rings. The molecule has 0 bridgehead atoms. The Labute approximate surface area is 347 Å². The van der Waals surface area contributed by atoms with Crippen molar-refractivity contribution in [2.75, 3.05) is 20.3 Å². The number of ether oxygens (including phenoxy) is 8. The van der Waals surface area contributed by atoms with Crippen LogP contribution in [0.1, 0.15) is 65.7 Å². The van der Waals surface area contributed by atoms with Crippen molar-refractivity contribution in [3.63, 3.8) is 0 Å². The van der Waals surface area contributed by atoms with Gasteiger partial charge in [0.05, 0.1) is 25.4 Å². The van der Waals surface area contributed by atoms with E-state index in [-0.39, 0.29) is 16.9 Å². The number of carbonyl (C=O) groups excluding carboxylic acids is 1. The van der Waals surface area contributed by atoms with Gasteiger partial charge in [0, 0.05) is 24.2 Å². The van der Waals surface area contributed by atoms with Crippen molar-refractivity contribution in [1.29, 1.82) is 0 Å². The van der Waals surface area contributed by atoms with E-state index in [1.54, 1.807) is 6.92 Å². The average molecular weight is 853 g/mol. The first kappa shape index (κ1) is 44.4. The molecule has 18 nitrogen and oxygen atoms in total. The molecule has 0 unspecified atom stereocenters. The first-order valence-corrected chi connectivity index (χ1v) is 21.1. The van der Waals surface area contributed by atoms with Crippen LogP contribution in [0.25, 0.3) is 0 Å². The molecule has 4 aliphatic carbocycles. The van der Waals surface area contributed by atoms with Crippen LogP contribution in [0.15, 0.2) is 46.1 Å². The third-order valence-electron chi connectivity index (χ3n) is 14.7. The lowest BCUT2D eigenvalue weighted by Gasteiger charge is -2.54. The Morgan fingerprint density at radius 3 is 2.10 bits per heavy atom. The Kier molecular flexibility index (Phi) is 12.6. The third kappa shape index (κ3) is 7.57. The number of fused-ring (bicyclic) bond motifs is 4. The second kappa shape index (κ2) is 17.1. The van der Waals surface area contributed by atoms with Gasteiger partial charge in [-0.15, -0.1) is 0 Å². The number of esters is 1. The van der Waals surface area contributed by atoms with Gasteiger partial charge in [-0.2, -0.15) is 0 Å². The second-order valence-electron chi connectivity index (χ2n) is 18.1. The maximum absolute atomic E-state index is 11.9. The molecule has 4 fully saturated rings. The summed E-state index contributed by atoms with van der Waals surface area (Å²) < 4.78 is 46.3. The maximum Gasteiger partial charge on any atom is 0.333 e. The molecule has 0 aromatic heterocycles. The zero-order chi connectivity index (χ0) is 43.0. The maximum atomic E-state index is 11.9. The van der Waals surface area contributed by atoms with Crippen LogP contribution in [0.4, 0.5) is 0 Å². The molecule has 1 saturated carbocycles. The Bertz CT molecular complexity index is 1750. The lowest BCUT2D eigenvalue weighted by Crippen LogP contribution is -2.64. The molecule has 4 aliphatic heterocycles. The van der Waals surface area contributed by atoms with Gasteiger partial charge in [-0.1, -0.05) is 31.6 Å². The van der Waals surface area contributed by atoms with Gasteiger partial charge in [-0.05, 0) is 79.9 Å². The van der Waals surface area contributed by atoms with Crippen LogP contribution in [0.2, 0.25) is 0 Å². The minimum absolute atomic E-state index is 0.0480. The molecule has 4 heterocycles. The van der Waals surface area contributed by atoms with Crippen molar-refractivity contribution in [1.82, 2.24) is 0 Å². The van der Waals surface area contributed by atoms with Crippen LogP contribution < -0.4 is 0 Å². The van der Waals surface area contributed by atoms with E-state index in [0.717, 1.165) is 50.5 Å². The predicted molar refractivity (Wildman–Crippen MR) is 203 cm³/mol. The zero-order valence-corrected chi connectivity index (χ0v) is 34.2. The molecule has 3 saturated heterocycles. The van der Waals surface area contributed by atoms with Gasteiger partial charge in [0.2, 0.25) is 6.29 Å². The van der Waals surface area contributed by atoms with E-state index < -0.39 is 118 Å². The van der Waals surface area contributed by atoms with E-state index in [1.165, 1.54) is 29.9 Å². The fourth-order valence-corrected chi connectivity index (χ4v) is 11.1. The summed E-state index contributed by atoms with van der Waals surface area (Å²) in [7, 11) is 1.39. The molecule has 18 heteroatoms. The van der Waals surface area contributed by atoms with Gasteiger partial charge in [-0.3, -0.25) is 0 Å². The lowest BCUT2D eigenvalue weighted by molar-refractivity contribution is -0.367. The van der Waals surface area contributed by atoms with Crippen molar-refractivity contribution in [2.24, 2.45) is 16.7 Å². The SMILES string of the molecule is CO[C@@H]1[C@@H](O)[C@H](O[C@H]2CC[C@]3(C)C4=C(CC[C@@H]3C2)C2=CC=C(C3=CC(=O)O[C@H]3O)[C@@]2(C)CC4)O[C@H](C)[C@@H]1O[C@@H]1O[C@H](CO[C@@H]2O[C@H](CO)[C@@H](O)[C@H](O)[C@H]2O)[C@@H](O)[C@H](O)[C@H]1O. The summed E-state index contributed by atoms with van der Waals surface area (Å²) >= 11 is 0. The van der Waals surface area contributed by atoms with Crippen molar-refractivity contribution in [3.05, 3.63) is 46.1 Å². The number of cyclic esters (lactones) is 1. The summed E-state index contributed by atoms with van der Waals surface area (Å²) in [5, 5.41) is 94.4. The Hall–Kier alpha value is -2.21. The predicted octanol–water partition coefficient (Wildman–Crippen LogP) is -1.13. The fraction of sp³-hybridized carbons (Fsp3) is 0.786. The summed E-state index contributed by atoms with van der Waals surface area (Å²) in [6.07, 6.45) is -11.1. The molecule has 0 amide bonds. The van der Waals surface area contributed by atoms with E-state index in [9.17, 15) is 50.8 Å². The average Bonchev–Trinajstić information content (AvgIpc) is 3.75. The number of allylic oxidation sites excluding steroid dienone is 5. The molecule has 0 radical (unpaired) electrons. The number of carbonyl (C=O) groups is 1. The first-order valence-electron chi connectivity index (χ1n) is 21.1. The standard InChI is InChI=1S/C42H60O18/c1-17-35(60-39-33(50)31(48)29(46)26(58-39)16-54-38-32(49)30(47)28(45)25(15-43)57-38)36(53-4)34(51)40(55-17)56-19-9-11-41(2)18(13-19)5-6-20-22-7-8-23(21-14-27(44)59-37(21)52)42(22,3)12-10-24(20)41/h7-8,14,17-19,25-26,28-40,43,45-52H,5-6,9-13,15-16H2,1-4H3/t17-,18-,19+,25-,26-,28-,29-,30+,31+,32-,33-,34-,35+,36-,37-,38-,39+,40+,41+,42+/m1/s1. The molecule has 60 heavy (non-hydrogen) atoms. The molecule has 20 atom stereocenters. The summed E-state index contributed by atoms with van der Waals surface area (Å²) in [6, 6.07) is 0. The Morgan fingerprint density at radius 1 is 0.750 bits per heavy atom. The van der Waals surface area contributed by atoms with Crippen LogP contribution in [-0.4, -0.2) is 177 Å². The molecule has 336 valence electrons. The fourth-order valence-electron chi connectivity index (χ4n) is 11.1. The van der Waals surface area contributed by atoms with Crippen LogP contribution in [0, 0.1) is 16.7 Å². The number of rotatable bonds is 10. The molecule has 9 N–H and O–H groups in total. The number of hydrogen-bond donors (Lipinski definition) is 9. The number of aliphatic hydroxyl groups excluding tert-OH is 9. The highest BCUT2D eigenvalue weighted by atomic mass is 16.8. The second-order valence-corrected chi connectivity index (χ2v) is 18.1. The summed E-state index contributed by atoms with van der Waals surface area (Å²) in [4.78, 5) is 11.9. The highest BCUT2D eigenvalue weighted by Gasteiger charge is 2.55. The summed E-state index contributed by atoms with van der Waals surface area (Å²) in [5.74, 6) is -0.201. The quantitative estimate of drug-likeness (QED) is 0.118. The third-order valence-corrected chi connectivity index (χ3v) is 14.7. The normalized spacial score (nSPS) is 49.4. The lowest BCUT2D eigenvalue weighted by atomic mass is 9.52. The monoisotopic (exact) mass is 852 g/mol. The smallest absolute Gasteiger partial charge is 0.333 e. The molecule has 0 aromatic carbocycles. The first-order chi connectivity index (χ1) is 28.5. The van der Waals surface area contributed by atoms with Gasteiger partial charge >= 0.3 is 5.97 Å². The topological polar surface area (TPSA) is 273 Å². The number of methoxy groups -OCH3 is 1. The van der Waals surface area contributed by atoms with E-state index in [4.69, 9.17) is 37.9 Å². The van der Waals surface area contributed by atoms with Crippen molar-refractivity contribution < 1.29 is 88.6 Å². The van der Waals surface area contributed by atoms with E-state index in [1.807, 2.05) is 6.08 Å². The summed E-state index contributed by atoms with van der Waals surface area (Å²) in [5.41, 5.74) is 5.22. The van der Waals surface area contributed by atoms with E-state index in [2.05, 4.69) is 19.9 Å². The van der Waals surface area contributed by atoms with Crippen LogP contribution in [0.5, 0.6) is 0 Å². The highest BCUT2D eigenvalue weighted by molar-refractivity contribution is 5.87. The van der Waals surface area contributed by atoms with Gasteiger partial charge in [0.1, 0.15) is 67.1 Å². The Morgan fingerprint density at radius 2 is 1.42 bits per heavy atom. The van der Waals surface area contributed by atoms with Crippen LogP contribution in [0.3, 0.4) is 0 Å². The van der Waals surface area contributed by atoms with Gasteiger partial charge < -0.3 is 83.9 Å². The van der Waals surface area contributed by atoms with E-state index in [0.29, 0.717) is 11.5 Å². The van der Waals surface area contributed by atoms with Crippen molar-refractivity contribution >= 4 is 5.97 Å². The molecule has 8 aliphatic rings. The van der Waals surface area contributed by atoms with Crippen LogP contribution >= 0.6 is 0 Å². The molecular weight excluding hydrogens is 792 g/mol. The minimum Gasteiger partial charge on any atom is -0.428 e. The number of aliphatic hydroxyl groups is 9. The van der Waals surface area contributed by atoms with Gasteiger partial charge in [0.15, 0.2) is 18.9 Å². The van der Waals surface area contributed by atoms with Crippen LogP contribution in [-0.2, 0) is 42.7 Å². The Balaban J connectivity index is 0.884. The zero-order valence-electron chi connectivity index (χ0n) is 34.2.